The van der Waals surface area contributed by atoms with E-state index in [0.29, 0.717) is 0 Å². The summed E-state index contributed by atoms with van der Waals surface area (Å²) in [5.41, 5.74) is 0. The van der Waals surface area contributed by atoms with Crippen LogP contribution in [0, 0.1) is 0 Å². The lowest BCUT2D eigenvalue weighted by Crippen LogP contribution is -2.21. The first-order valence-electron chi connectivity index (χ1n) is 3.66. The van der Waals surface area contributed by atoms with Crippen molar-refractivity contribution in [2.24, 2.45) is 0 Å². The van der Waals surface area contributed by atoms with E-state index in [2.05, 4.69) is 16.8 Å². The van der Waals surface area contributed by atoms with E-state index in [9.17, 15) is 0 Å². The molecule has 0 aromatic rings. The summed E-state index contributed by atoms with van der Waals surface area (Å²) in [4.78, 5) is 0. The fourth-order valence-electron chi connectivity index (χ4n) is 1.13. The molecule has 0 atom stereocenters. The van der Waals surface area contributed by atoms with Crippen molar-refractivity contribution in [1.29, 1.82) is 0 Å². The monoisotopic (exact) mass is 143 g/mol. The molecule has 0 bridgehead atoms. The maximum atomic E-state index is 4.97. The molecule has 1 rings (SSSR count). The fraction of sp³-hybridized carbons (Fsp3) is 0.857. The Balaban J connectivity index is 2.31. The molecule has 1 aliphatic rings. The summed E-state index contributed by atoms with van der Waals surface area (Å²) >= 11 is 0. The topological polar surface area (TPSA) is 24.3 Å². The van der Waals surface area contributed by atoms with E-state index in [1.807, 2.05) is 0 Å². The molecule has 0 saturated heterocycles. The second-order valence-electron chi connectivity index (χ2n) is 2.49. The molecule has 0 unspecified atom stereocenters. The van der Waals surface area contributed by atoms with Crippen LogP contribution in [0.15, 0.2) is 0 Å². The molecule has 1 aliphatic heterocycles. The van der Waals surface area contributed by atoms with E-state index in [1.165, 1.54) is 5.84 Å². The molecule has 1 N–H and O–H groups in total. The SMILES string of the molecule is COCC[N+]1=C(C)NCC1. The molecule has 0 aromatic carbocycles. The highest BCUT2D eigenvalue weighted by molar-refractivity contribution is 5.75. The van der Waals surface area contributed by atoms with E-state index in [0.717, 1.165) is 26.2 Å². The number of methoxy groups -OCH3 is 1. The summed E-state index contributed by atoms with van der Waals surface area (Å²) in [6, 6.07) is 0. The van der Waals surface area contributed by atoms with Gasteiger partial charge in [-0.05, 0) is 0 Å². The highest BCUT2D eigenvalue weighted by Crippen LogP contribution is 1.86. The Morgan fingerprint density at radius 3 is 3.00 bits per heavy atom. The van der Waals surface area contributed by atoms with Crippen molar-refractivity contribution in [3.05, 3.63) is 0 Å². The van der Waals surface area contributed by atoms with Crippen LogP contribution in [0.3, 0.4) is 0 Å². The van der Waals surface area contributed by atoms with Crippen LogP contribution >= 0.6 is 0 Å². The van der Waals surface area contributed by atoms with Gasteiger partial charge in [0.25, 0.3) is 0 Å². The van der Waals surface area contributed by atoms with Crippen LogP contribution < -0.4 is 5.32 Å². The molecule has 0 saturated carbocycles. The van der Waals surface area contributed by atoms with Crippen molar-refractivity contribution in [3.8, 4) is 0 Å². The van der Waals surface area contributed by atoms with Crippen molar-refractivity contribution in [2.45, 2.75) is 6.92 Å². The Kier molecular flexibility index (Phi) is 2.68. The molecular weight excluding hydrogens is 128 g/mol. The zero-order chi connectivity index (χ0) is 7.40. The lowest BCUT2D eigenvalue weighted by Gasteiger charge is -1.99. The van der Waals surface area contributed by atoms with Crippen molar-refractivity contribution >= 4 is 5.84 Å². The third-order valence-electron chi connectivity index (χ3n) is 1.80. The van der Waals surface area contributed by atoms with Gasteiger partial charge < -0.3 is 4.74 Å². The summed E-state index contributed by atoms with van der Waals surface area (Å²) < 4.78 is 7.26. The van der Waals surface area contributed by atoms with E-state index in [1.54, 1.807) is 7.11 Å². The van der Waals surface area contributed by atoms with E-state index < -0.39 is 0 Å². The molecule has 3 nitrogen and oxygen atoms in total. The first-order valence-corrected chi connectivity index (χ1v) is 3.66. The van der Waals surface area contributed by atoms with Crippen molar-refractivity contribution in [2.75, 3.05) is 33.4 Å². The quantitative estimate of drug-likeness (QED) is 0.547. The number of ether oxygens (including phenoxy) is 1. The van der Waals surface area contributed by atoms with Gasteiger partial charge >= 0.3 is 0 Å². The van der Waals surface area contributed by atoms with E-state index in [-0.39, 0.29) is 0 Å². The molecule has 0 aromatic heterocycles. The van der Waals surface area contributed by atoms with E-state index in [4.69, 9.17) is 4.74 Å². The average Bonchev–Trinajstić information content (AvgIpc) is 2.31. The molecule has 10 heavy (non-hydrogen) atoms. The molecule has 0 radical (unpaired) electrons. The first-order chi connectivity index (χ1) is 4.84. The minimum atomic E-state index is 0.818. The van der Waals surface area contributed by atoms with Gasteiger partial charge in [-0.15, -0.1) is 0 Å². The maximum absolute atomic E-state index is 4.97. The zero-order valence-corrected chi connectivity index (χ0v) is 6.68. The van der Waals surface area contributed by atoms with Crippen molar-refractivity contribution in [1.82, 2.24) is 5.32 Å². The van der Waals surface area contributed by atoms with Gasteiger partial charge in [-0.2, -0.15) is 0 Å². The number of nitrogens with zero attached hydrogens (tertiary/aromatic N) is 1. The van der Waals surface area contributed by atoms with Gasteiger partial charge in [-0.1, -0.05) is 0 Å². The normalized spacial score (nSPS) is 17.8. The molecule has 0 amide bonds. The molecule has 0 spiro atoms. The number of hydrogen-bond donors (Lipinski definition) is 1. The molecule has 3 heteroatoms. The number of hydrogen-bond acceptors (Lipinski definition) is 2. The van der Waals surface area contributed by atoms with Crippen molar-refractivity contribution < 1.29 is 9.31 Å². The maximum Gasteiger partial charge on any atom is 0.241 e. The Morgan fingerprint density at radius 2 is 2.50 bits per heavy atom. The lowest BCUT2D eigenvalue weighted by molar-refractivity contribution is -0.520. The van der Waals surface area contributed by atoms with Crippen LogP contribution in [0.4, 0.5) is 0 Å². The van der Waals surface area contributed by atoms with Gasteiger partial charge in [-0.3, -0.25) is 9.89 Å². The van der Waals surface area contributed by atoms with Gasteiger partial charge in [0.05, 0.1) is 6.61 Å². The first kappa shape index (κ1) is 7.54. The van der Waals surface area contributed by atoms with Crippen LogP contribution in [0.1, 0.15) is 6.92 Å². The van der Waals surface area contributed by atoms with Crippen LogP contribution in [0.5, 0.6) is 0 Å². The number of rotatable bonds is 3. The summed E-state index contributed by atoms with van der Waals surface area (Å²) in [5, 5.41) is 3.27. The van der Waals surface area contributed by atoms with Gasteiger partial charge in [-0.25, -0.2) is 0 Å². The minimum absolute atomic E-state index is 0.818. The number of amidine groups is 1. The lowest BCUT2D eigenvalue weighted by atomic mass is 10.6. The summed E-state index contributed by atoms with van der Waals surface area (Å²) in [6.07, 6.45) is 0. The average molecular weight is 143 g/mol. The second kappa shape index (κ2) is 3.56. The van der Waals surface area contributed by atoms with Gasteiger partial charge in [0, 0.05) is 14.0 Å². The van der Waals surface area contributed by atoms with Crippen LogP contribution in [0.2, 0.25) is 0 Å². The summed E-state index contributed by atoms with van der Waals surface area (Å²) in [5.74, 6) is 1.28. The molecule has 0 fully saturated rings. The number of nitrogens with one attached hydrogen (secondary N) is 1. The fourth-order valence-corrected chi connectivity index (χ4v) is 1.13. The van der Waals surface area contributed by atoms with Gasteiger partial charge in [0.15, 0.2) is 0 Å². The highest BCUT2D eigenvalue weighted by Gasteiger charge is 2.14. The third-order valence-corrected chi connectivity index (χ3v) is 1.80. The van der Waals surface area contributed by atoms with E-state index >= 15 is 0 Å². The van der Waals surface area contributed by atoms with Gasteiger partial charge in [0.1, 0.15) is 19.6 Å². The predicted molar refractivity (Wildman–Crippen MR) is 40.6 cm³/mol. The minimum Gasteiger partial charge on any atom is -0.381 e. The standard InChI is InChI=1S/C7H14N2O/c1-7-8-3-4-9(7)5-6-10-2/h3-6H2,1-2H3/p+1. The Labute approximate surface area is 61.7 Å². The Morgan fingerprint density at radius 1 is 1.70 bits per heavy atom. The highest BCUT2D eigenvalue weighted by atomic mass is 16.5. The van der Waals surface area contributed by atoms with Crippen LogP contribution in [-0.2, 0) is 4.74 Å². The predicted octanol–water partition coefficient (Wildman–Crippen LogP) is -0.333. The summed E-state index contributed by atoms with van der Waals surface area (Å²) in [6.45, 7) is 6.13. The molecule has 1 heterocycles. The Hall–Kier alpha value is -0.570. The second-order valence-corrected chi connectivity index (χ2v) is 2.49. The van der Waals surface area contributed by atoms with Gasteiger partial charge in [0.2, 0.25) is 5.84 Å². The smallest absolute Gasteiger partial charge is 0.241 e. The largest absolute Gasteiger partial charge is 0.381 e. The third kappa shape index (κ3) is 1.70. The Bertz CT molecular complexity index is 143. The summed E-state index contributed by atoms with van der Waals surface area (Å²) in [7, 11) is 1.73. The van der Waals surface area contributed by atoms with Crippen LogP contribution in [0.25, 0.3) is 0 Å². The molecule has 58 valence electrons. The van der Waals surface area contributed by atoms with Crippen molar-refractivity contribution in [3.63, 3.8) is 0 Å². The zero-order valence-electron chi connectivity index (χ0n) is 6.68. The molecule has 0 aliphatic carbocycles. The molecular formula is C7H15N2O+. The van der Waals surface area contributed by atoms with Crippen LogP contribution in [-0.4, -0.2) is 43.8 Å².